The molecule has 0 saturated carbocycles. The Labute approximate surface area is 138 Å². The van der Waals surface area contributed by atoms with E-state index in [1.807, 2.05) is 56.3 Å². The van der Waals surface area contributed by atoms with Crippen molar-refractivity contribution in [3.05, 3.63) is 54.1 Å². The molecule has 0 spiro atoms. The molecule has 23 heavy (non-hydrogen) atoms. The van der Waals surface area contributed by atoms with Gasteiger partial charge in [-0.25, -0.2) is 0 Å². The molecule has 0 heterocycles. The normalized spacial score (nSPS) is 10.3. The van der Waals surface area contributed by atoms with Crippen molar-refractivity contribution in [2.45, 2.75) is 20.4 Å². The number of benzene rings is 2. The third-order valence-electron chi connectivity index (χ3n) is 3.29. The van der Waals surface area contributed by atoms with Crippen molar-refractivity contribution in [3.8, 4) is 11.5 Å². The second kappa shape index (κ2) is 9.74. The van der Waals surface area contributed by atoms with Crippen molar-refractivity contribution >= 4 is 5.69 Å². The Hall–Kier alpha value is -2.20. The Balaban J connectivity index is 1.90. The second-order valence-corrected chi connectivity index (χ2v) is 4.97. The van der Waals surface area contributed by atoms with Crippen molar-refractivity contribution in [2.24, 2.45) is 0 Å². The van der Waals surface area contributed by atoms with Gasteiger partial charge in [0.2, 0.25) is 0 Å². The molecule has 0 aromatic heterocycles. The molecular weight excluding hydrogens is 290 g/mol. The van der Waals surface area contributed by atoms with Crippen molar-refractivity contribution in [1.82, 2.24) is 0 Å². The van der Waals surface area contributed by atoms with Crippen LogP contribution < -0.4 is 14.8 Å². The summed E-state index contributed by atoms with van der Waals surface area (Å²) in [7, 11) is 0. The molecule has 0 unspecified atom stereocenters. The molecular formula is C19H25NO3. The summed E-state index contributed by atoms with van der Waals surface area (Å²) in [5.41, 5.74) is 2.15. The first-order chi connectivity index (χ1) is 11.3. The summed E-state index contributed by atoms with van der Waals surface area (Å²) in [5, 5.41) is 3.41. The molecule has 0 aliphatic rings. The van der Waals surface area contributed by atoms with Crippen LogP contribution in [0.2, 0.25) is 0 Å². The van der Waals surface area contributed by atoms with Crippen LogP contribution in [0.3, 0.4) is 0 Å². The third-order valence-corrected chi connectivity index (χ3v) is 3.29. The lowest BCUT2D eigenvalue weighted by atomic mass is 10.2. The van der Waals surface area contributed by atoms with Crippen molar-refractivity contribution < 1.29 is 14.2 Å². The third kappa shape index (κ3) is 5.83. The number of ether oxygens (including phenoxy) is 3. The molecule has 2 aromatic rings. The zero-order valence-electron chi connectivity index (χ0n) is 13.9. The van der Waals surface area contributed by atoms with E-state index in [-0.39, 0.29) is 0 Å². The number of para-hydroxylation sites is 1. The molecule has 4 heteroatoms. The van der Waals surface area contributed by atoms with Crippen LogP contribution in [0.4, 0.5) is 5.69 Å². The number of rotatable bonds is 10. The summed E-state index contributed by atoms with van der Waals surface area (Å²) >= 11 is 0. The molecule has 0 bridgehead atoms. The monoisotopic (exact) mass is 315 g/mol. The summed E-state index contributed by atoms with van der Waals surface area (Å²) in [4.78, 5) is 0. The maximum atomic E-state index is 5.67. The highest BCUT2D eigenvalue weighted by Gasteiger charge is 2.03. The lowest BCUT2D eigenvalue weighted by molar-refractivity contribution is 0.110. The summed E-state index contributed by atoms with van der Waals surface area (Å²) in [6.45, 7) is 7.22. The van der Waals surface area contributed by atoms with Gasteiger partial charge < -0.3 is 19.5 Å². The predicted molar refractivity (Wildman–Crippen MR) is 93.4 cm³/mol. The maximum absolute atomic E-state index is 5.67. The quantitative estimate of drug-likeness (QED) is 0.670. The fraction of sp³-hybridized carbons (Fsp3) is 0.368. The standard InChI is InChI=1S/C19H25NO3/c1-3-21-12-13-23-18-10-7-9-17(14-18)20-15-16-8-5-6-11-19(16)22-4-2/h5-11,14,20H,3-4,12-13,15H2,1-2H3. The van der Waals surface area contributed by atoms with Crippen molar-refractivity contribution in [2.75, 3.05) is 31.7 Å². The number of hydrogen-bond acceptors (Lipinski definition) is 4. The van der Waals surface area contributed by atoms with Gasteiger partial charge in [0.05, 0.1) is 13.2 Å². The average molecular weight is 315 g/mol. The largest absolute Gasteiger partial charge is 0.494 e. The topological polar surface area (TPSA) is 39.7 Å². The Bertz CT molecular complexity index is 586. The molecule has 2 aromatic carbocycles. The first kappa shape index (κ1) is 17.2. The van der Waals surface area contributed by atoms with Gasteiger partial charge in [-0.2, -0.15) is 0 Å². The summed E-state index contributed by atoms with van der Waals surface area (Å²) in [6, 6.07) is 16.0. The molecule has 124 valence electrons. The molecule has 2 rings (SSSR count). The maximum Gasteiger partial charge on any atom is 0.124 e. The summed E-state index contributed by atoms with van der Waals surface area (Å²) < 4.78 is 16.6. The minimum Gasteiger partial charge on any atom is -0.494 e. The molecule has 0 amide bonds. The van der Waals surface area contributed by atoms with Crippen molar-refractivity contribution in [3.63, 3.8) is 0 Å². The molecule has 0 aliphatic heterocycles. The van der Waals surface area contributed by atoms with Gasteiger partial charge in [0.15, 0.2) is 0 Å². The zero-order valence-corrected chi connectivity index (χ0v) is 13.9. The van der Waals surface area contributed by atoms with Gasteiger partial charge in [-0.05, 0) is 32.0 Å². The molecule has 4 nitrogen and oxygen atoms in total. The number of hydrogen-bond donors (Lipinski definition) is 1. The fourth-order valence-electron chi connectivity index (χ4n) is 2.20. The highest BCUT2D eigenvalue weighted by molar-refractivity contribution is 5.49. The van der Waals surface area contributed by atoms with E-state index in [1.54, 1.807) is 0 Å². The molecule has 0 atom stereocenters. The molecule has 0 fully saturated rings. The van der Waals surface area contributed by atoms with E-state index in [1.165, 1.54) is 0 Å². The predicted octanol–water partition coefficient (Wildman–Crippen LogP) is 4.11. The van der Waals surface area contributed by atoms with Crippen LogP contribution in [-0.4, -0.2) is 26.4 Å². The molecule has 0 saturated heterocycles. The first-order valence-corrected chi connectivity index (χ1v) is 8.08. The lowest BCUT2D eigenvalue weighted by Gasteiger charge is -2.13. The Morgan fingerprint density at radius 3 is 2.57 bits per heavy atom. The summed E-state index contributed by atoms with van der Waals surface area (Å²) in [5.74, 6) is 1.76. The fourth-order valence-corrected chi connectivity index (χ4v) is 2.20. The van der Waals surface area contributed by atoms with E-state index in [2.05, 4.69) is 11.4 Å². The lowest BCUT2D eigenvalue weighted by Crippen LogP contribution is -2.07. The highest BCUT2D eigenvalue weighted by Crippen LogP contribution is 2.21. The van der Waals surface area contributed by atoms with Gasteiger partial charge in [-0.1, -0.05) is 24.3 Å². The SMILES string of the molecule is CCOCCOc1cccc(NCc2ccccc2OCC)c1. The minimum atomic E-state index is 0.560. The van der Waals surface area contributed by atoms with E-state index in [0.717, 1.165) is 22.7 Å². The van der Waals surface area contributed by atoms with Crippen LogP contribution in [0.25, 0.3) is 0 Å². The van der Waals surface area contributed by atoms with Gasteiger partial charge in [0, 0.05) is 30.5 Å². The van der Waals surface area contributed by atoms with Crippen LogP contribution in [0.1, 0.15) is 19.4 Å². The zero-order chi connectivity index (χ0) is 16.3. The van der Waals surface area contributed by atoms with E-state index in [0.29, 0.717) is 33.0 Å². The smallest absolute Gasteiger partial charge is 0.124 e. The van der Waals surface area contributed by atoms with Gasteiger partial charge in [-0.3, -0.25) is 0 Å². The van der Waals surface area contributed by atoms with E-state index >= 15 is 0 Å². The van der Waals surface area contributed by atoms with Crippen molar-refractivity contribution in [1.29, 1.82) is 0 Å². The second-order valence-electron chi connectivity index (χ2n) is 4.97. The Morgan fingerprint density at radius 2 is 1.74 bits per heavy atom. The number of anilines is 1. The summed E-state index contributed by atoms with van der Waals surface area (Å²) in [6.07, 6.45) is 0. The molecule has 0 radical (unpaired) electrons. The molecule has 1 N–H and O–H groups in total. The van der Waals surface area contributed by atoms with Gasteiger partial charge >= 0.3 is 0 Å². The van der Waals surface area contributed by atoms with Crippen LogP contribution in [0.5, 0.6) is 11.5 Å². The average Bonchev–Trinajstić information content (AvgIpc) is 2.59. The van der Waals surface area contributed by atoms with E-state index in [9.17, 15) is 0 Å². The van der Waals surface area contributed by atoms with Crippen LogP contribution in [-0.2, 0) is 11.3 Å². The minimum absolute atomic E-state index is 0.560. The number of nitrogens with one attached hydrogen (secondary N) is 1. The van der Waals surface area contributed by atoms with Gasteiger partial charge in [0.25, 0.3) is 0 Å². The van der Waals surface area contributed by atoms with Gasteiger partial charge in [-0.15, -0.1) is 0 Å². The van der Waals surface area contributed by atoms with Crippen LogP contribution in [0.15, 0.2) is 48.5 Å². The Morgan fingerprint density at radius 1 is 0.870 bits per heavy atom. The first-order valence-electron chi connectivity index (χ1n) is 8.08. The van der Waals surface area contributed by atoms with Gasteiger partial charge in [0.1, 0.15) is 18.1 Å². The van der Waals surface area contributed by atoms with Crippen LogP contribution >= 0.6 is 0 Å². The van der Waals surface area contributed by atoms with Crippen LogP contribution in [0, 0.1) is 0 Å². The molecule has 0 aliphatic carbocycles. The highest BCUT2D eigenvalue weighted by atomic mass is 16.5. The van der Waals surface area contributed by atoms with E-state index < -0.39 is 0 Å². The van der Waals surface area contributed by atoms with E-state index in [4.69, 9.17) is 14.2 Å². The Kier molecular flexibility index (Phi) is 7.27.